The lowest BCUT2D eigenvalue weighted by atomic mass is 9.95. The van der Waals surface area contributed by atoms with Crippen LogP contribution >= 0.6 is 22.9 Å². The van der Waals surface area contributed by atoms with Crippen molar-refractivity contribution >= 4 is 33.0 Å². The summed E-state index contributed by atoms with van der Waals surface area (Å²) in [6, 6.07) is 9.08. The standard InChI is InChI=1S/C15H18ClNS/c16-15-12-8-4-5-9-13(12)18-14(15)10-17-11-6-2-1-3-7-11/h4-5,8-9,11,17H,1-3,6-7,10H2. The van der Waals surface area contributed by atoms with E-state index in [-0.39, 0.29) is 0 Å². The van der Waals surface area contributed by atoms with Gasteiger partial charge in [0.25, 0.3) is 0 Å². The van der Waals surface area contributed by atoms with Gasteiger partial charge < -0.3 is 5.32 Å². The zero-order valence-electron chi connectivity index (χ0n) is 10.4. The third kappa shape index (κ3) is 2.56. The van der Waals surface area contributed by atoms with Crippen molar-refractivity contribution in [1.82, 2.24) is 5.32 Å². The van der Waals surface area contributed by atoms with E-state index in [0.717, 1.165) is 11.6 Å². The predicted molar refractivity (Wildman–Crippen MR) is 80.5 cm³/mol. The first kappa shape index (κ1) is 12.5. The Kier molecular flexibility index (Phi) is 3.88. The second-order valence-electron chi connectivity index (χ2n) is 5.05. The van der Waals surface area contributed by atoms with E-state index in [1.54, 1.807) is 0 Å². The van der Waals surface area contributed by atoms with Crippen LogP contribution in [0.2, 0.25) is 5.02 Å². The van der Waals surface area contributed by atoms with Crippen LogP contribution in [0, 0.1) is 0 Å². The van der Waals surface area contributed by atoms with Crippen LogP contribution in [0.1, 0.15) is 37.0 Å². The Morgan fingerprint density at radius 2 is 1.94 bits per heavy atom. The number of halogens is 1. The molecule has 0 saturated heterocycles. The van der Waals surface area contributed by atoms with Gasteiger partial charge in [-0.1, -0.05) is 49.1 Å². The molecule has 2 aromatic rings. The second kappa shape index (κ2) is 5.60. The minimum atomic E-state index is 0.694. The Labute approximate surface area is 117 Å². The second-order valence-corrected chi connectivity index (χ2v) is 6.57. The summed E-state index contributed by atoms with van der Waals surface area (Å²) in [5, 5.41) is 5.81. The molecule has 3 heteroatoms. The molecule has 3 rings (SSSR count). The van der Waals surface area contributed by atoms with Gasteiger partial charge in [-0.05, 0) is 18.9 Å². The van der Waals surface area contributed by atoms with Crippen molar-refractivity contribution in [2.45, 2.75) is 44.7 Å². The van der Waals surface area contributed by atoms with Gasteiger partial charge in [0.2, 0.25) is 0 Å². The highest BCUT2D eigenvalue weighted by atomic mass is 35.5. The quantitative estimate of drug-likeness (QED) is 0.836. The largest absolute Gasteiger partial charge is 0.309 e. The van der Waals surface area contributed by atoms with E-state index in [1.807, 2.05) is 11.3 Å². The van der Waals surface area contributed by atoms with Crippen LogP contribution in [0.5, 0.6) is 0 Å². The van der Waals surface area contributed by atoms with E-state index in [1.165, 1.54) is 47.1 Å². The summed E-state index contributed by atoms with van der Waals surface area (Å²) in [5.41, 5.74) is 0. The van der Waals surface area contributed by atoms with Gasteiger partial charge in [-0.25, -0.2) is 0 Å². The van der Waals surface area contributed by atoms with Gasteiger partial charge in [0.05, 0.1) is 5.02 Å². The molecule has 1 nitrogen and oxygen atoms in total. The average molecular weight is 280 g/mol. The van der Waals surface area contributed by atoms with E-state index >= 15 is 0 Å². The first-order valence-corrected chi connectivity index (χ1v) is 7.93. The molecule has 0 aliphatic heterocycles. The number of rotatable bonds is 3. The average Bonchev–Trinajstić information content (AvgIpc) is 2.75. The van der Waals surface area contributed by atoms with Crippen molar-refractivity contribution in [2.24, 2.45) is 0 Å². The van der Waals surface area contributed by atoms with Crippen LogP contribution in [0.15, 0.2) is 24.3 Å². The fourth-order valence-corrected chi connectivity index (χ4v) is 4.17. The summed E-state index contributed by atoms with van der Waals surface area (Å²) in [4.78, 5) is 1.28. The monoisotopic (exact) mass is 279 g/mol. The molecule has 1 saturated carbocycles. The number of nitrogens with one attached hydrogen (secondary N) is 1. The van der Waals surface area contributed by atoms with E-state index < -0.39 is 0 Å². The topological polar surface area (TPSA) is 12.0 Å². The Morgan fingerprint density at radius 1 is 1.17 bits per heavy atom. The van der Waals surface area contributed by atoms with E-state index in [9.17, 15) is 0 Å². The molecule has 1 fully saturated rings. The molecule has 0 radical (unpaired) electrons. The molecule has 1 aromatic carbocycles. The van der Waals surface area contributed by atoms with Gasteiger partial charge in [-0.2, -0.15) is 0 Å². The Morgan fingerprint density at radius 3 is 2.72 bits per heavy atom. The Hall–Kier alpha value is -0.570. The van der Waals surface area contributed by atoms with Gasteiger partial charge >= 0.3 is 0 Å². The molecule has 1 heterocycles. The molecule has 96 valence electrons. The Bertz CT molecular complexity index is 528. The van der Waals surface area contributed by atoms with Gasteiger partial charge in [-0.15, -0.1) is 11.3 Å². The van der Waals surface area contributed by atoms with Crippen molar-refractivity contribution in [1.29, 1.82) is 0 Å². The zero-order valence-corrected chi connectivity index (χ0v) is 12.0. The van der Waals surface area contributed by atoms with Crippen molar-refractivity contribution in [3.05, 3.63) is 34.2 Å². The maximum atomic E-state index is 6.45. The molecule has 1 aliphatic carbocycles. The lowest BCUT2D eigenvalue weighted by molar-refractivity contribution is 0.373. The maximum absolute atomic E-state index is 6.45. The van der Waals surface area contributed by atoms with Gasteiger partial charge in [0.1, 0.15) is 0 Å². The summed E-state index contributed by atoms with van der Waals surface area (Å²) in [7, 11) is 0. The van der Waals surface area contributed by atoms with Crippen LogP contribution < -0.4 is 5.32 Å². The summed E-state index contributed by atoms with van der Waals surface area (Å²) in [5.74, 6) is 0. The first-order valence-electron chi connectivity index (χ1n) is 6.74. The van der Waals surface area contributed by atoms with Crippen LogP contribution in [0.4, 0.5) is 0 Å². The van der Waals surface area contributed by atoms with E-state index in [4.69, 9.17) is 11.6 Å². The molecule has 1 aromatic heterocycles. The molecule has 0 amide bonds. The first-order chi connectivity index (χ1) is 8.84. The summed E-state index contributed by atoms with van der Waals surface area (Å²) in [6.45, 7) is 0.919. The SMILES string of the molecule is Clc1c(CNC2CCCCC2)sc2ccccc12. The normalized spacial score (nSPS) is 17.4. The third-order valence-electron chi connectivity index (χ3n) is 3.76. The highest BCUT2D eigenvalue weighted by Gasteiger charge is 2.15. The van der Waals surface area contributed by atoms with E-state index in [0.29, 0.717) is 6.04 Å². The summed E-state index contributed by atoms with van der Waals surface area (Å²) < 4.78 is 1.29. The maximum Gasteiger partial charge on any atom is 0.0636 e. The van der Waals surface area contributed by atoms with Crippen molar-refractivity contribution in [3.8, 4) is 0 Å². The molecule has 0 bridgehead atoms. The molecule has 1 N–H and O–H groups in total. The predicted octanol–water partition coefficient (Wildman–Crippen LogP) is 4.98. The zero-order chi connectivity index (χ0) is 12.4. The minimum Gasteiger partial charge on any atom is -0.309 e. The molecule has 0 unspecified atom stereocenters. The molecular formula is C15H18ClNS. The summed E-state index contributed by atoms with van der Waals surface area (Å²) >= 11 is 8.26. The highest BCUT2D eigenvalue weighted by molar-refractivity contribution is 7.19. The third-order valence-corrected chi connectivity index (χ3v) is 5.47. The number of hydrogen-bond acceptors (Lipinski definition) is 2. The van der Waals surface area contributed by atoms with Gasteiger partial charge in [0, 0.05) is 27.5 Å². The molecule has 0 atom stereocenters. The van der Waals surface area contributed by atoms with Crippen molar-refractivity contribution in [3.63, 3.8) is 0 Å². The summed E-state index contributed by atoms with van der Waals surface area (Å²) in [6.07, 6.45) is 6.79. The van der Waals surface area contributed by atoms with Gasteiger partial charge in [-0.3, -0.25) is 0 Å². The van der Waals surface area contributed by atoms with E-state index in [2.05, 4.69) is 29.6 Å². The number of fused-ring (bicyclic) bond motifs is 1. The lowest BCUT2D eigenvalue weighted by Gasteiger charge is -2.22. The number of thiophene rings is 1. The molecule has 18 heavy (non-hydrogen) atoms. The fourth-order valence-electron chi connectivity index (χ4n) is 2.72. The van der Waals surface area contributed by atoms with Crippen LogP contribution in [-0.2, 0) is 6.54 Å². The van der Waals surface area contributed by atoms with Crippen LogP contribution in [-0.4, -0.2) is 6.04 Å². The van der Waals surface area contributed by atoms with Crippen LogP contribution in [0.3, 0.4) is 0 Å². The Balaban J connectivity index is 1.72. The van der Waals surface area contributed by atoms with Crippen molar-refractivity contribution in [2.75, 3.05) is 0 Å². The minimum absolute atomic E-state index is 0.694. The molecular weight excluding hydrogens is 262 g/mol. The fraction of sp³-hybridized carbons (Fsp3) is 0.467. The van der Waals surface area contributed by atoms with Gasteiger partial charge in [0.15, 0.2) is 0 Å². The number of hydrogen-bond donors (Lipinski definition) is 1. The smallest absolute Gasteiger partial charge is 0.0636 e. The molecule has 0 spiro atoms. The molecule has 1 aliphatic rings. The van der Waals surface area contributed by atoms with Crippen LogP contribution in [0.25, 0.3) is 10.1 Å². The number of benzene rings is 1. The highest BCUT2D eigenvalue weighted by Crippen LogP contribution is 2.35. The lowest BCUT2D eigenvalue weighted by Crippen LogP contribution is -2.30. The van der Waals surface area contributed by atoms with Crippen molar-refractivity contribution < 1.29 is 0 Å².